The van der Waals surface area contributed by atoms with E-state index in [2.05, 4.69) is 20.5 Å². The van der Waals surface area contributed by atoms with Gasteiger partial charge in [-0.3, -0.25) is 9.89 Å². The minimum Gasteiger partial charge on any atom is -0.373 e. The Balaban J connectivity index is 0.00000225. The third-order valence-electron chi connectivity index (χ3n) is 5.99. The van der Waals surface area contributed by atoms with E-state index in [1.165, 1.54) is 64.3 Å². The summed E-state index contributed by atoms with van der Waals surface area (Å²) in [7, 11) is 1.85. The summed E-state index contributed by atoms with van der Waals surface area (Å²) in [5.41, 5.74) is 0. The van der Waals surface area contributed by atoms with Crippen molar-refractivity contribution in [2.24, 2.45) is 10.9 Å². The largest absolute Gasteiger partial charge is 0.373 e. The summed E-state index contributed by atoms with van der Waals surface area (Å²) >= 11 is 0. The van der Waals surface area contributed by atoms with Crippen molar-refractivity contribution in [3.63, 3.8) is 0 Å². The van der Waals surface area contributed by atoms with Crippen molar-refractivity contribution in [2.75, 3.05) is 39.8 Å². The fourth-order valence-electron chi connectivity index (χ4n) is 4.50. The van der Waals surface area contributed by atoms with Gasteiger partial charge in [-0.25, -0.2) is 0 Å². The van der Waals surface area contributed by atoms with Crippen LogP contribution in [0.15, 0.2) is 4.99 Å². The van der Waals surface area contributed by atoms with Gasteiger partial charge >= 0.3 is 0 Å². The molecule has 0 aromatic rings. The lowest BCUT2D eigenvalue weighted by molar-refractivity contribution is -0.0453. The van der Waals surface area contributed by atoms with Crippen molar-refractivity contribution in [1.82, 2.24) is 15.5 Å². The van der Waals surface area contributed by atoms with Crippen LogP contribution in [0.2, 0.25) is 0 Å². The number of hydrogen-bond acceptors (Lipinski definition) is 3. The molecule has 0 spiro atoms. The lowest BCUT2D eigenvalue weighted by Gasteiger charge is -2.35. The van der Waals surface area contributed by atoms with Crippen LogP contribution < -0.4 is 10.6 Å². The first-order chi connectivity index (χ1) is 11.8. The molecule has 0 amide bonds. The number of guanidine groups is 1. The molecule has 2 unspecified atom stereocenters. The van der Waals surface area contributed by atoms with E-state index in [1.807, 2.05) is 7.05 Å². The van der Waals surface area contributed by atoms with Crippen LogP contribution in [0.25, 0.3) is 0 Å². The Kier molecular flexibility index (Phi) is 9.84. The summed E-state index contributed by atoms with van der Waals surface area (Å²) in [6, 6.07) is 0.679. The molecule has 2 saturated heterocycles. The van der Waals surface area contributed by atoms with Crippen LogP contribution in [0.5, 0.6) is 0 Å². The molecule has 146 valence electrons. The fourth-order valence-corrected chi connectivity index (χ4v) is 4.50. The first-order valence-corrected chi connectivity index (χ1v) is 10.2. The molecule has 0 aromatic heterocycles. The van der Waals surface area contributed by atoms with Gasteiger partial charge in [-0.1, -0.05) is 38.5 Å². The average Bonchev–Trinajstić information content (AvgIpc) is 3.28. The van der Waals surface area contributed by atoms with Crippen molar-refractivity contribution < 1.29 is 4.74 Å². The van der Waals surface area contributed by atoms with Gasteiger partial charge < -0.3 is 15.4 Å². The highest BCUT2D eigenvalue weighted by Gasteiger charge is 2.32. The topological polar surface area (TPSA) is 48.9 Å². The number of unbranched alkanes of at least 4 members (excludes halogenated alkanes) is 1. The SMILES string of the molecule is CN=C(NCCCCC1CCCC1)NCC1CN2CCCC2CO1.I. The predicted molar refractivity (Wildman–Crippen MR) is 115 cm³/mol. The Morgan fingerprint density at radius 2 is 1.96 bits per heavy atom. The van der Waals surface area contributed by atoms with Crippen LogP contribution in [0.4, 0.5) is 0 Å². The van der Waals surface area contributed by atoms with Gasteiger partial charge in [0.05, 0.1) is 12.7 Å². The van der Waals surface area contributed by atoms with Crippen molar-refractivity contribution in [3.05, 3.63) is 0 Å². The second-order valence-electron chi connectivity index (χ2n) is 7.77. The molecular formula is C19H37IN4O. The zero-order chi connectivity index (χ0) is 16.6. The molecule has 6 heteroatoms. The predicted octanol–water partition coefficient (Wildman–Crippen LogP) is 2.99. The van der Waals surface area contributed by atoms with E-state index < -0.39 is 0 Å². The molecule has 1 saturated carbocycles. The standard InChI is InChI=1S/C19H36N4O.HI/c1-20-19(21-11-5-4-9-16-7-2-3-8-16)22-13-18-14-23-12-6-10-17(23)15-24-18;/h16-18H,2-15H2,1H3,(H2,20,21,22);1H. The lowest BCUT2D eigenvalue weighted by atomic mass is 10.0. The third-order valence-corrected chi connectivity index (χ3v) is 5.99. The monoisotopic (exact) mass is 464 g/mol. The molecule has 2 N–H and O–H groups in total. The van der Waals surface area contributed by atoms with Gasteiger partial charge in [-0.2, -0.15) is 0 Å². The first-order valence-electron chi connectivity index (χ1n) is 10.2. The van der Waals surface area contributed by atoms with E-state index in [1.54, 1.807) is 0 Å². The molecule has 0 bridgehead atoms. The number of aliphatic imine (C=N–C) groups is 1. The van der Waals surface area contributed by atoms with Gasteiger partial charge in [0.2, 0.25) is 0 Å². The van der Waals surface area contributed by atoms with Gasteiger partial charge in [0, 0.05) is 32.7 Å². The van der Waals surface area contributed by atoms with Gasteiger partial charge in [0.1, 0.15) is 0 Å². The Hall–Kier alpha value is -0.0800. The highest BCUT2D eigenvalue weighted by Crippen LogP contribution is 2.28. The highest BCUT2D eigenvalue weighted by atomic mass is 127. The molecule has 2 heterocycles. The van der Waals surface area contributed by atoms with E-state index in [0.717, 1.165) is 38.1 Å². The first kappa shape index (κ1) is 21.2. The number of ether oxygens (including phenoxy) is 1. The highest BCUT2D eigenvalue weighted by molar-refractivity contribution is 14.0. The summed E-state index contributed by atoms with van der Waals surface area (Å²) in [6.45, 7) is 5.09. The van der Waals surface area contributed by atoms with Crippen molar-refractivity contribution in [3.8, 4) is 0 Å². The minimum atomic E-state index is 0. The second-order valence-corrected chi connectivity index (χ2v) is 7.77. The molecular weight excluding hydrogens is 427 g/mol. The molecule has 5 nitrogen and oxygen atoms in total. The maximum Gasteiger partial charge on any atom is 0.191 e. The third kappa shape index (κ3) is 6.86. The number of fused-ring (bicyclic) bond motifs is 1. The molecule has 2 atom stereocenters. The van der Waals surface area contributed by atoms with Crippen LogP contribution in [0.3, 0.4) is 0 Å². The minimum absolute atomic E-state index is 0. The Morgan fingerprint density at radius 1 is 1.12 bits per heavy atom. The molecule has 0 radical (unpaired) electrons. The Morgan fingerprint density at radius 3 is 2.76 bits per heavy atom. The molecule has 3 aliphatic rings. The molecule has 3 rings (SSSR count). The van der Waals surface area contributed by atoms with Crippen LogP contribution in [0.1, 0.15) is 57.8 Å². The van der Waals surface area contributed by atoms with Crippen LogP contribution in [-0.2, 0) is 4.74 Å². The smallest absolute Gasteiger partial charge is 0.191 e. The maximum absolute atomic E-state index is 6.00. The molecule has 0 aromatic carbocycles. The summed E-state index contributed by atoms with van der Waals surface area (Å²) in [4.78, 5) is 6.93. The number of hydrogen-bond donors (Lipinski definition) is 2. The number of halogens is 1. The van der Waals surface area contributed by atoms with Crippen molar-refractivity contribution >= 4 is 29.9 Å². The molecule has 3 fully saturated rings. The van der Waals surface area contributed by atoms with E-state index in [9.17, 15) is 0 Å². The Labute approximate surface area is 170 Å². The number of morpholine rings is 1. The van der Waals surface area contributed by atoms with Gasteiger partial charge in [0.25, 0.3) is 0 Å². The number of nitrogens with one attached hydrogen (secondary N) is 2. The summed E-state index contributed by atoms with van der Waals surface area (Å²) in [5, 5.41) is 6.89. The molecule has 2 aliphatic heterocycles. The summed E-state index contributed by atoms with van der Waals surface area (Å²) in [6.07, 6.45) is 12.8. The second kappa shape index (κ2) is 11.6. The Bertz CT molecular complexity index is 401. The van der Waals surface area contributed by atoms with Crippen LogP contribution in [0, 0.1) is 5.92 Å². The normalized spacial score (nSPS) is 27.8. The van der Waals surface area contributed by atoms with E-state index in [-0.39, 0.29) is 24.0 Å². The fraction of sp³-hybridized carbons (Fsp3) is 0.947. The van der Waals surface area contributed by atoms with Crippen molar-refractivity contribution in [1.29, 1.82) is 0 Å². The summed E-state index contributed by atoms with van der Waals surface area (Å²) < 4.78 is 6.00. The summed E-state index contributed by atoms with van der Waals surface area (Å²) in [5.74, 6) is 1.93. The van der Waals surface area contributed by atoms with Crippen LogP contribution in [-0.4, -0.2) is 62.8 Å². The molecule has 25 heavy (non-hydrogen) atoms. The van der Waals surface area contributed by atoms with E-state index in [4.69, 9.17) is 4.74 Å². The quantitative estimate of drug-likeness (QED) is 0.263. The molecule has 1 aliphatic carbocycles. The maximum atomic E-state index is 6.00. The zero-order valence-corrected chi connectivity index (χ0v) is 18.2. The zero-order valence-electron chi connectivity index (χ0n) is 15.8. The number of nitrogens with zero attached hydrogens (tertiary/aromatic N) is 2. The lowest BCUT2D eigenvalue weighted by Crippen LogP contribution is -2.51. The van der Waals surface area contributed by atoms with Gasteiger partial charge in [-0.15, -0.1) is 24.0 Å². The average molecular weight is 464 g/mol. The van der Waals surface area contributed by atoms with E-state index in [0.29, 0.717) is 12.1 Å². The van der Waals surface area contributed by atoms with Gasteiger partial charge in [-0.05, 0) is 31.7 Å². The van der Waals surface area contributed by atoms with E-state index >= 15 is 0 Å². The van der Waals surface area contributed by atoms with Crippen LogP contribution >= 0.6 is 24.0 Å². The van der Waals surface area contributed by atoms with Gasteiger partial charge in [0.15, 0.2) is 5.96 Å². The number of rotatable bonds is 7. The van der Waals surface area contributed by atoms with Crippen molar-refractivity contribution in [2.45, 2.75) is 69.9 Å².